The lowest BCUT2D eigenvalue weighted by Gasteiger charge is -2.20. The fourth-order valence-corrected chi connectivity index (χ4v) is 0.594. The zero-order valence-corrected chi connectivity index (χ0v) is 6.36. The van der Waals surface area contributed by atoms with Gasteiger partial charge in [0.05, 0.1) is 5.60 Å². The second kappa shape index (κ2) is 2.97. The molecule has 0 aromatic heterocycles. The second-order valence-electron chi connectivity index (χ2n) is 2.46. The Morgan fingerprint density at radius 2 is 2.00 bits per heavy atom. The molecular weight excluding hydrogens is 114 g/mol. The first-order valence-corrected chi connectivity index (χ1v) is 3.34. The Morgan fingerprint density at radius 3 is 2.11 bits per heavy atom. The van der Waals surface area contributed by atoms with E-state index in [1.54, 1.807) is 6.92 Å². The van der Waals surface area contributed by atoms with Crippen molar-refractivity contribution >= 4 is 5.71 Å². The van der Waals surface area contributed by atoms with Crippen molar-refractivity contribution < 1.29 is 5.11 Å². The molecule has 2 nitrogen and oxygen atoms in total. The Morgan fingerprint density at radius 1 is 1.56 bits per heavy atom. The molecule has 0 aliphatic carbocycles. The molecule has 0 radical (unpaired) electrons. The Labute approximate surface area is 56.4 Å². The molecule has 9 heavy (non-hydrogen) atoms. The van der Waals surface area contributed by atoms with Crippen LogP contribution in [0.5, 0.6) is 0 Å². The molecule has 0 aliphatic heterocycles. The molecule has 0 aliphatic rings. The Kier molecular flexibility index (Phi) is 2.85. The molecule has 0 heterocycles. The molecule has 0 aromatic rings. The predicted octanol–water partition coefficient (Wildman–Crippen LogP) is 1.58. The molecule has 0 amide bonds. The lowest BCUT2D eigenvalue weighted by atomic mass is 9.95. The highest BCUT2D eigenvalue weighted by atomic mass is 16.3. The second-order valence-corrected chi connectivity index (χ2v) is 2.46. The van der Waals surface area contributed by atoms with Gasteiger partial charge < -0.3 is 10.5 Å². The maximum atomic E-state index is 9.37. The molecule has 54 valence electrons. The van der Waals surface area contributed by atoms with E-state index < -0.39 is 5.60 Å². The summed E-state index contributed by atoms with van der Waals surface area (Å²) in [5.74, 6) is 0. The van der Waals surface area contributed by atoms with Crippen LogP contribution >= 0.6 is 0 Å². The number of rotatable bonds is 3. The molecular formula is C7H15NO. The third-order valence-electron chi connectivity index (χ3n) is 1.69. The van der Waals surface area contributed by atoms with Gasteiger partial charge in [0, 0.05) is 5.71 Å². The summed E-state index contributed by atoms with van der Waals surface area (Å²) < 4.78 is 0. The predicted molar refractivity (Wildman–Crippen MR) is 38.9 cm³/mol. The molecule has 0 saturated heterocycles. The lowest BCUT2D eigenvalue weighted by molar-refractivity contribution is 0.125. The summed E-state index contributed by atoms with van der Waals surface area (Å²) in [6.45, 7) is 5.44. The van der Waals surface area contributed by atoms with E-state index in [2.05, 4.69) is 0 Å². The maximum absolute atomic E-state index is 9.37. The summed E-state index contributed by atoms with van der Waals surface area (Å²) in [5.41, 5.74) is -0.445. The summed E-state index contributed by atoms with van der Waals surface area (Å²) in [6, 6.07) is 0. The van der Waals surface area contributed by atoms with Crippen molar-refractivity contribution in [2.24, 2.45) is 0 Å². The minimum Gasteiger partial charge on any atom is -0.384 e. The van der Waals surface area contributed by atoms with Crippen LogP contribution in [0.1, 0.15) is 33.6 Å². The van der Waals surface area contributed by atoms with Crippen LogP contribution in [0.25, 0.3) is 0 Å². The Hall–Kier alpha value is -0.370. The topological polar surface area (TPSA) is 44.1 Å². The van der Waals surface area contributed by atoms with E-state index in [1.807, 2.05) is 13.8 Å². The molecule has 0 rings (SSSR count). The lowest BCUT2D eigenvalue weighted by Crippen LogP contribution is -2.32. The summed E-state index contributed by atoms with van der Waals surface area (Å²) >= 11 is 0. The number of hydrogen-bond donors (Lipinski definition) is 2. The fraction of sp³-hybridized carbons (Fsp3) is 0.857. The first-order chi connectivity index (χ1) is 4.04. The van der Waals surface area contributed by atoms with E-state index in [-0.39, 0.29) is 0 Å². The van der Waals surface area contributed by atoms with Crippen molar-refractivity contribution in [2.75, 3.05) is 0 Å². The van der Waals surface area contributed by atoms with Gasteiger partial charge in [-0.3, -0.25) is 0 Å². The molecule has 0 fully saturated rings. The van der Waals surface area contributed by atoms with Gasteiger partial charge in [-0.1, -0.05) is 13.8 Å². The molecule has 0 saturated carbocycles. The molecule has 0 aromatic carbocycles. The number of aliphatic hydroxyl groups is 1. The first-order valence-electron chi connectivity index (χ1n) is 3.34. The highest BCUT2D eigenvalue weighted by Crippen LogP contribution is 2.11. The van der Waals surface area contributed by atoms with Gasteiger partial charge in [0.25, 0.3) is 0 Å². The van der Waals surface area contributed by atoms with Gasteiger partial charge in [-0.15, -0.1) is 0 Å². The zero-order chi connectivity index (χ0) is 7.49. The van der Waals surface area contributed by atoms with E-state index in [4.69, 9.17) is 5.41 Å². The third-order valence-corrected chi connectivity index (χ3v) is 1.69. The van der Waals surface area contributed by atoms with Crippen LogP contribution < -0.4 is 0 Å². The molecule has 1 atom stereocenters. The summed E-state index contributed by atoms with van der Waals surface area (Å²) in [4.78, 5) is 0. The molecule has 1 unspecified atom stereocenters. The van der Waals surface area contributed by atoms with Crippen molar-refractivity contribution in [2.45, 2.75) is 39.2 Å². The molecule has 2 N–H and O–H groups in total. The number of nitrogens with one attached hydrogen (secondary N) is 1. The van der Waals surface area contributed by atoms with E-state index in [1.165, 1.54) is 0 Å². The van der Waals surface area contributed by atoms with Gasteiger partial charge in [0.15, 0.2) is 0 Å². The Balaban J connectivity index is 3.97. The van der Waals surface area contributed by atoms with Crippen LogP contribution in [0, 0.1) is 5.41 Å². The van der Waals surface area contributed by atoms with Crippen LogP contribution in [0.15, 0.2) is 0 Å². The number of hydrogen-bond acceptors (Lipinski definition) is 2. The average Bonchev–Trinajstić information content (AvgIpc) is 1.86. The summed E-state index contributed by atoms with van der Waals surface area (Å²) in [5, 5.41) is 16.7. The van der Waals surface area contributed by atoms with Gasteiger partial charge in [-0.2, -0.15) is 0 Å². The highest BCUT2D eigenvalue weighted by molar-refractivity contribution is 5.88. The van der Waals surface area contributed by atoms with Crippen molar-refractivity contribution in [1.82, 2.24) is 0 Å². The van der Waals surface area contributed by atoms with Crippen LogP contribution in [-0.4, -0.2) is 16.4 Å². The normalized spacial score (nSPS) is 16.9. The van der Waals surface area contributed by atoms with Crippen molar-refractivity contribution in [1.29, 1.82) is 5.41 Å². The fourth-order valence-electron chi connectivity index (χ4n) is 0.594. The minimum atomic E-state index is -0.866. The summed E-state index contributed by atoms with van der Waals surface area (Å²) in [7, 11) is 0. The third kappa shape index (κ3) is 2.14. The van der Waals surface area contributed by atoms with Gasteiger partial charge in [0.2, 0.25) is 0 Å². The van der Waals surface area contributed by atoms with Gasteiger partial charge in [-0.05, 0) is 19.8 Å². The van der Waals surface area contributed by atoms with E-state index in [0.717, 1.165) is 0 Å². The maximum Gasteiger partial charge on any atom is 0.0988 e. The summed E-state index contributed by atoms with van der Waals surface area (Å²) in [6.07, 6.45) is 1.26. The first kappa shape index (κ1) is 8.63. The largest absolute Gasteiger partial charge is 0.384 e. The molecule has 0 bridgehead atoms. The van der Waals surface area contributed by atoms with Crippen LogP contribution in [0.2, 0.25) is 0 Å². The average molecular weight is 129 g/mol. The highest BCUT2D eigenvalue weighted by Gasteiger charge is 2.21. The van der Waals surface area contributed by atoms with Gasteiger partial charge >= 0.3 is 0 Å². The van der Waals surface area contributed by atoms with Crippen molar-refractivity contribution in [3.63, 3.8) is 0 Å². The van der Waals surface area contributed by atoms with Crippen LogP contribution in [0.4, 0.5) is 0 Å². The monoisotopic (exact) mass is 129 g/mol. The van der Waals surface area contributed by atoms with Crippen LogP contribution in [-0.2, 0) is 0 Å². The minimum absolute atomic E-state index is 0.421. The van der Waals surface area contributed by atoms with Crippen LogP contribution in [0.3, 0.4) is 0 Å². The van der Waals surface area contributed by atoms with Gasteiger partial charge in [-0.25, -0.2) is 0 Å². The SMILES string of the molecule is CCC(=N)C(C)(O)CC. The Bertz CT molecular complexity index is 107. The standard InChI is InChI=1S/C7H15NO/c1-4-6(8)7(3,9)5-2/h8-9H,4-5H2,1-3H3. The van der Waals surface area contributed by atoms with E-state index in [0.29, 0.717) is 18.6 Å². The van der Waals surface area contributed by atoms with Crippen molar-refractivity contribution in [3.8, 4) is 0 Å². The molecule has 0 spiro atoms. The van der Waals surface area contributed by atoms with E-state index in [9.17, 15) is 5.11 Å². The van der Waals surface area contributed by atoms with Crippen molar-refractivity contribution in [3.05, 3.63) is 0 Å². The molecule has 2 heteroatoms. The van der Waals surface area contributed by atoms with E-state index >= 15 is 0 Å². The quantitative estimate of drug-likeness (QED) is 0.558. The smallest absolute Gasteiger partial charge is 0.0988 e. The zero-order valence-electron chi connectivity index (χ0n) is 6.36. The van der Waals surface area contributed by atoms with Gasteiger partial charge in [0.1, 0.15) is 0 Å².